The Morgan fingerprint density at radius 1 is 1.64 bits per heavy atom. The molecule has 0 aliphatic carbocycles. The summed E-state index contributed by atoms with van der Waals surface area (Å²) in [4.78, 5) is 10.4. The van der Waals surface area contributed by atoms with Crippen molar-refractivity contribution < 1.29 is 14.3 Å². The topological polar surface area (TPSA) is 47.6 Å². The fourth-order valence-corrected chi connectivity index (χ4v) is 0.416. The lowest BCUT2D eigenvalue weighted by Crippen LogP contribution is -2.23. The normalized spacial score (nSPS) is 8.91. The maximum Gasteiger partial charge on any atom is 0.217 e. The second-order valence-electron chi connectivity index (χ2n) is 2.00. The molecule has 0 aromatic heterocycles. The lowest BCUT2D eigenvalue weighted by molar-refractivity contribution is -0.119. The first-order valence-corrected chi connectivity index (χ1v) is 3.20. The van der Waals surface area contributed by atoms with E-state index in [-0.39, 0.29) is 12.7 Å². The van der Waals surface area contributed by atoms with E-state index in [9.17, 15) is 4.79 Å². The van der Waals surface area contributed by atoms with E-state index in [2.05, 4.69) is 16.6 Å². The number of nitrogens with one attached hydrogen (secondary N) is 1. The molecule has 4 heteroatoms. The molecule has 1 amide bonds. The maximum atomic E-state index is 10.4. The summed E-state index contributed by atoms with van der Waals surface area (Å²) in [5, 5.41) is 2.54. The summed E-state index contributed by atoms with van der Waals surface area (Å²) >= 11 is 0. The Balaban J connectivity index is 3.30. The van der Waals surface area contributed by atoms with E-state index in [1.165, 1.54) is 14.0 Å². The minimum absolute atomic E-state index is 0.104. The van der Waals surface area contributed by atoms with Gasteiger partial charge in [-0.05, 0) is 0 Å². The molecule has 0 aliphatic rings. The summed E-state index contributed by atoms with van der Waals surface area (Å²) in [5.41, 5.74) is 0. The molecule has 0 aromatic rings. The van der Waals surface area contributed by atoms with Crippen LogP contribution >= 0.6 is 0 Å². The molecule has 4 nitrogen and oxygen atoms in total. The average Bonchev–Trinajstić information content (AvgIpc) is 1.97. The molecule has 0 heterocycles. The second kappa shape index (κ2) is 5.73. The summed E-state index contributed by atoms with van der Waals surface area (Å²) in [6.07, 6.45) is 0. The molecule has 0 radical (unpaired) electrons. The largest absolute Gasteiger partial charge is 0.471 e. The third-order valence-corrected chi connectivity index (χ3v) is 0.915. The van der Waals surface area contributed by atoms with Crippen LogP contribution in [0.5, 0.6) is 0 Å². The Hall–Kier alpha value is -1.03. The number of rotatable bonds is 5. The third-order valence-electron chi connectivity index (χ3n) is 0.915. The average molecular weight is 159 g/mol. The Bertz CT molecular complexity index is 145. The molecule has 0 aliphatic heterocycles. The van der Waals surface area contributed by atoms with Gasteiger partial charge in [-0.3, -0.25) is 4.79 Å². The fraction of sp³-hybridized carbons (Fsp3) is 0.571. The summed E-state index contributed by atoms with van der Waals surface area (Å²) in [5.74, 6) is 0.384. The van der Waals surface area contributed by atoms with Crippen LogP contribution in [0.3, 0.4) is 0 Å². The number of carbonyl (C=O) groups is 1. The van der Waals surface area contributed by atoms with E-state index in [1.807, 2.05) is 0 Å². The van der Waals surface area contributed by atoms with Crippen molar-refractivity contribution >= 4 is 5.91 Å². The van der Waals surface area contributed by atoms with E-state index in [0.29, 0.717) is 12.3 Å². The van der Waals surface area contributed by atoms with E-state index in [0.717, 1.165) is 0 Å². The lowest BCUT2D eigenvalue weighted by Gasteiger charge is -2.07. The van der Waals surface area contributed by atoms with E-state index >= 15 is 0 Å². The lowest BCUT2D eigenvalue weighted by atomic mass is 10.5. The summed E-state index contributed by atoms with van der Waals surface area (Å²) in [6.45, 7) is 5.48. The SMILES string of the molecule is C=C(CNC(C)=O)OCOC. The zero-order chi connectivity index (χ0) is 8.69. The Kier molecular flexibility index (Phi) is 5.20. The van der Waals surface area contributed by atoms with Crippen LogP contribution in [0.2, 0.25) is 0 Å². The van der Waals surface area contributed by atoms with Crippen molar-refractivity contribution in [3.05, 3.63) is 12.3 Å². The van der Waals surface area contributed by atoms with Gasteiger partial charge in [0.2, 0.25) is 5.91 Å². The summed E-state index contributed by atoms with van der Waals surface area (Å²) in [6, 6.07) is 0. The first-order chi connectivity index (χ1) is 5.16. The van der Waals surface area contributed by atoms with Crippen LogP contribution in [0.15, 0.2) is 12.3 Å². The highest BCUT2D eigenvalue weighted by Gasteiger charge is 1.94. The van der Waals surface area contributed by atoms with E-state index < -0.39 is 0 Å². The molecule has 0 aromatic carbocycles. The number of methoxy groups -OCH3 is 1. The van der Waals surface area contributed by atoms with Crippen molar-refractivity contribution in [1.29, 1.82) is 0 Å². The number of carbonyl (C=O) groups excluding carboxylic acids is 1. The van der Waals surface area contributed by atoms with Crippen LogP contribution in [0.1, 0.15) is 6.92 Å². The highest BCUT2D eigenvalue weighted by molar-refractivity contribution is 5.72. The van der Waals surface area contributed by atoms with Crippen LogP contribution in [0.25, 0.3) is 0 Å². The Morgan fingerprint density at radius 3 is 2.73 bits per heavy atom. The number of amides is 1. The molecule has 0 atom stereocenters. The molecular formula is C7H13NO3. The molecule has 1 N–H and O–H groups in total. The number of ether oxygens (including phenoxy) is 2. The van der Waals surface area contributed by atoms with Crippen LogP contribution in [-0.4, -0.2) is 26.4 Å². The molecule has 0 rings (SSSR count). The van der Waals surface area contributed by atoms with Gasteiger partial charge in [0.15, 0.2) is 6.79 Å². The van der Waals surface area contributed by atoms with Crippen molar-refractivity contribution in [2.75, 3.05) is 20.4 Å². The quantitative estimate of drug-likeness (QED) is 0.462. The van der Waals surface area contributed by atoms with Gasteiger partial charge in [-0.15, -0.1) is 0 Å². The minimum Gasteiger partial charge on any atom is -0.471 e. The van der Waals surface area contributed by atoms with Gasteiger partial charge in [-0.1, -0.05) is 6.58 Å². The monoisotopic (exact) mass is 159 g/mol. The molecule has 11 heavy (non-hydrogen) atoms. The van der Waals surface area contributed by atoms with Crippen molar-refractivity contribution in [1.82, 2.24) is 5.32 Å². The third kappa shape index (κ3) is 6.86. The predicted octanol–water partition coefficient (Wildman–Crippen LogP) is 0.257. The number of hydrogen-bond donors (Lipinski definition) is 1. The van der Waals surface area contributed by atoms with Gasteiger partial charge in [0.1, 0.15) is 5.76 Å². The molecule has 64 valence electrons. The van der Waals surface area contributed by atoms with E-state index in [1.54, 1.807) is 0 Å². The zero-order valence-corrected chi connectivity index (χ0v) is 6.85. The molecule has 0 bridgehead atoms. The molecule has 0 saturated heterocycles. The maximum absolute atomic E-state index is 10.4. The first-order valence-electron chi connectivity index (χ1n) is 3.20. The van der Waals surface area contributed by atoms with Gasteiger partial charge in [0.05, 0.1) is 6.54 Å². The molecule has 0 fully saturated rings. The summed E-state index contributed by atoms with van der Waals surface area (Å²) in [7, 11) is 1.52. The van der Waals surface area contributed by atoms with Crippen molar-refractivity contribution in [2.45, 2.75) is 6.92 Å². The van der Waals surface area contributed by atoms with E-state index in [4.69, 9.17) is 4.74 Å². The van der Waals surface area contributed by atoms with Gasteiger partial charge in [0.25, 0.3) is 0 Å². The summed E-state index contributed by atoms with van der Waals surface area (Å²) < 4.78 is 9.53. The smallest absolute Gasteiger partial charge is 0.217 e. The highest BCUT2D eigenvalue weighted by Crippen LogP contribution is 1.89. The molecule has 0 spiro atoms. The van der Waals surface area contributed by atoms with Gasteiger partial charge >= 0.3 is 0 Å². The Morgan fingerprint density at radius 2 is 2.27 bits per heavy atom. The zero-order valence-electron chi connectivity index (χ0n) is 6.85. The second-order valence-corrected chi connectivity index (χ2v) is 2.00. The van der Waals surface area contributed by atoms with Crippen molar-refractivity contribution in [3.63, 3.8) is 0 Å². The fourth-order valence-electron chi connectivity index (χ4n) is 0.416. The standard InChI is InChI=1S/C7H13NO3/c1-6(11-5-10-3)4-8-7(2)9/h1,4-5H2,2-3H3,(H,8,9). The first kappa shape index (κ1) is 9.97. The van der Waals surface area contributed by atoms with Crippen molar-refractivity contribution in [3.8, 4) is 0 Å². The van der Waals surface area contributed by atoms with Crippen LogP contribution < -0.4 is 5.32 Å². The minimum atomic E-state index is -0.104. The van der Waals surface area contributed by atoms with Crippen LogP contribution in [0.4, 0.5) is 0 Å². The van der Waals surface area contributed by atoms with Crippen LogP contribution in [-0.2, 0) is 14.3 Å². The van der Waals surface area contributed by atoms with Gasteiger partial charge in [-0.2, -0.15) is 0 Å². The van der Waals surface area contributed by atoms with Gasteiger partial charge in [0, 0.05) is 14.0 Å². The van der Waals surface area contributed by atoms with Gasteiger partial charge < -0.3 is 14.8 Å². The molecule has 0 saturated carbocycles. The highest BCUT2D eigenvalue weighted by atomic mass is 16.7. The van der Waals surface area contributed by atoms with Gasteiger partial charge in [-0.25, -0.2) is 0 Å². The Labute approximate surface area is 66.2 Å². The molecular weight excluding hydrogens is 146 g/mol. The van der Waals surface area contributed by atoms with Crippen LogP contribution in [0, 0.1) is 0 Å². The predicted molar refractivity (Wildman–Crippen MR) is 40.8 cm³/mol. The number of hydrogen-bond acceptors (Lipinski definition) is 3. The van der Waals surface area contributed by atoms with Crippen molar-refractivity contribution in [2.24, 2.45) is 0 Å². The molecule has 0 unspecified atom stereocenters.